The second kappa shape index (κ2) is 7.12. The Morgan fingerprint density at radius 2 is 1.83 bits per heavy atom. The molecule has 7 nitrogen and oxygen atoms in total. The number of H-pyrrole nitrogens is 2. The van der Waals surface area contributed by atoms with Gasteiger partial charge in [0.25, 0.3) is 0 Å². The Bertz CT molecular complexity index is 1300. The van der Waals surface area contributed by atoms with Crippen LogP contribution < -0.4 is 0 Å². The lowest BCUT2D eigenvalue weighted by Gasteiger charge is -2.03. The molecule has 140 valence electrons. The Morgan fingerprint density at radius 3 is 2.59 bits per heavy atom. The lowest BCUT2D eigenvalue weighted by molar-refractivity contribution is 1.10. The normalized spacial score (nSPS) is 11.8. The monoisotopic (exact) mass is 379 g/mol. The quantitative estimate of drug-likeness (QED) is 0.486. The second-order valence-electron chi connectivity index (χ2n) is 6.50. The Hall–Kier alpha value is -4.13. The molecule has 0 atom stereocenters. The zero-order valence-corrected chi connectivity index (χ0v) is 15.7. The van der Waals surface area contributed by atoms with Gasteiger partial charge in [-0.3, -0.25) is 15.1 Å². The maximum Gasteiger partial charge on any atom is 0.160 e. The van der Waals surface area contributed by atoms with Gasteiger partial charge in [0.05, 0.1) is 23.1 Å². The number of imidazole rings is 1. The summed E-state index contributed by atoms with van der Waals surface area (Å²) in [6, 6.07) is 11.7. The number of pyridine rings is 3. The van der Waals surface area contributed by atoms with Gasteiger partial charge < -0.3 is 4.98 Å². The van der Waals surface area contributed by atoms with Gasteiger partial charge in [-0.1, -0.05) is 12.1 Å². The number of hydrogen-bond donors (Lipinski definition) is 2. The van der Waals surface area contributed by atoms with Crippen LogP contribution in [0.4, 0.5) is 0 Å². The van der Waals surface area contributed by atoms with E-state index in [9.17, 15) is 0 Å². The van der Waals surface area contributed by atoms with Crippen molar-refractivity contribution in [1.29, 1.82) is 0 Å². The third-order valence-electron chi connectivity index (χ3n) is 4.72. The molecule has 5 aromatic rings. The van der Waals surface area contributed by atoms with Gasteiger partial charge in [0.2, 0.25) is 0 Å². The number of allylic oxidation sites excluding steroid dienone is 1. The molecule has 7 heteroatoms. The van der Waals surface area contributed by atoms with E-state index >= 15 is 0 Å². The Labute approximate surface area is 166 Å². The molecule has 0 fully saturated rings. The summed E-state index contributed by atoms with van der Waals surface area (Å²) in [5.41, 5.74) is 7.03. The van der Waals surface area contributed by atoms with E-state index in [2.05, 4.69) is 30.1 Å². The zero-order valence-electron chi connectivity index (χ0n) is 15.7. The highest BCUT2D eigenvalue weighted by atomic mass is 15.1. The van der Waals surface area contributed by atoms with Crippen molar-refractivity contribution in [2.45, 2.75) is 6.92 Å². The zero-order chi connectivity index (χ0) is 19.6. The molecule has 0 saturated carbocycles. The molecule has 2 N–H and O–H groups in total. The number of fused-ring (bicyclic) bond motifs is 1. The minimum Gasteiger partial charge on any atom is -0.337 e. The van der Waals surface area contributed by atoms with Crippen molar-refractivity contribution in [1.82, 2.24) is 35.1 Å². The molecule has 0 saturated heterocycles. The molecular formula is C22H17N7. The molecule has 0 unspecified atom stereocenters. The number of rotatable bonds is 4. The Kier molecular flexibility index (Phi) is 4.18. The van der Waals surface area contributed by atoms with E-state index in [1.807, 2.05) is 61.8 Å². The van der Waals surface area contributed by atoms with Crippen molar-refractivity contribution in [2.24, 2.45) is 0 Å². The maximum atomic E-state index is 4.80. The molecule has 0 aliphatic heterocycles. The number of nitrogens with one attached hydrogen (secondary N) is 2. The first-order chi connectivity index (χ1) is 14.3. The van der Waals surface area contributed by atoms with Crippen molar-refractivity contribution in [3.05, 3.63) is 84.7 Å². The molecule has 5 aromatic heterocycles. The van der Waals surface area contributed by atoms with Crippen molar-refractivity contribution in [2.75, 3.05) is 0 Å². The molecule has 5 heterocycles. The first kappa shape index (κ1) is 17.0. The fourth-order valence-corrected chi connectivity index (χ4v) is 3.32. The van der Waals surface area contributed by atoms with E-state index in [1.54, 1.807) is 18.6 Å². The van der Waals surface area contributed by atoms with Gasteiger partial charge in [0.1, 0.15) is 5.52 Å². The summed E-state index contributed by atoms with van der Waals surface area (Å²) in [5.74, 6) is 0.658. The summed E-state index contributed by atoms with van der Waals surface area (Å²) in [5, 5.41) is 7.48. The van der Waals surface area contributed by atoms with E-state index < -0.39 is 0 Å². The summed E-state index contributed by atoms with van der Waals surface area (Å²) in [6.07, 6.45) is 11.0. The average molecular weight is 379 g/mol. The van der Waals surface area contributed by atoms with Gasteiger partial charge >= 0.3 is 0 Å². The highest BCUT2D eigenvalue weighted by molar-refractivity contribution is 5.89. The van der Waals surface area contributed by atoms with Crippen LogP contribution in [-0.2, 0) is 0 Å². The minimum absolute atomic E-state index is 0.658. The van der Waals surface area contributed by atoms with Gasteiger partial charge in [-0.2, -0.15) is 5.10 Å². The largest absolute Gasteiger partial charge is 0.337 e. The smallest absolute Gasteiger partial charge is 0.160 e. The van der Waals surface area contributed by atoms with Crippen LogP contribution in [0.25, 0.3) is 39.4 Å². The fourth-order valence-electron chi connectivity index (χ4n) is 3.32. The van der Waals surface area contributed by atoms with E-state index in [0.717, 1.165) is 39.1 Å². The lowest BCUT2D eigenvalue weighted by atomic mass is 10.1. The molecule has 29 heavy (non-hydrogen) atoms. The predicted molar refractivity (Wildman–Crippen MR) is 112 cm³/mol. The first-order valence-corrected chi connectivity index (χ1v) is 9.21. The van der Waals surface area contributed by atoms with Crippen LogP contribution in [0.1, 0.15) is 18.2 Å². The molecule has 0 amide bonds. The molecular weight excluding hydrogens is 362 g/mol. The molecule has 0 spiro atoms. The summed E-state index contributed by atoms with van der Waals surface area (Å²) >= 11 is 0. The van der Waals surface area contributed by atoms with E-state index in [1.165, 1.54) is 0 Å². The van der Waals surface area contributed by atoms with E-state index in [-0.39, 0.29) is 0 Å². The van der Waals surface area contributed by atoms with E-state index in [0.29, 0.717) is 11.5 Å². The highest BCUT2D eigenvalue weighted by Gasteiger charge is 2.16. The van der Waals surface area contributed by atoms with Crippen molar-refractivity contribution in [3.63, 3.8) is 0 Å². The number of aromatic amines is 2. The molecule has 0 aromatic carbocycles. The van der Waals surface area contributed by atoms with E-state index in [4.69, 9.17) is 4.98 Å². The van der Waals surface area contributed by atoms with Crippen LogP contribution in [0, 0.1) is 0 Å². The van der Waals surface area contributed by atoms with Crippen LogP contribution in [0.2, 0.25) is 0 Å². The third-order valence-corrected chi connectivity index (χ3v) is 4.72. The van der Waals surface area contributed by atoms with Gasteiger partial charge in [0, 0.05) is 41.5 Å². The summed E-state index contributed by atoms with van der Waals surface area (Å²) in [4.78, 5) is 21.1. The number of aromatic nitrogens is 7. The molecule has 5 rings (SSSR count). The lowest BCUT2D eigenvalue weighted by Crippen LogP contribution is -1.90. The van der Waals surface area contributed by atoms with Crippen molar-refractivity contribution in [3.8, 4) is 22.8 Å². The molecule has 0 radical (unpaired) electrons. The molecule has 0 aliphatic rings. The third kappa shape index (κ3) is 3.08. The van der Waals surface area contributed by atoms with Crippen LogP contribution >= 0.6 is 0 Å². The van der Waals surface area contributed by atoms with Crippen LogP contribution in [0.3, 0.4) is 0 Å². The van der Waals surface area contributed by atoms with Crippen LogP contribution in [0.5, 0.6) is 0 Å². The van der Waals surface area contributed by atoms with Gasteiger partial charge in [-0.05, 0) is 37.3 Å². The SMILES string of the molecule is C/C=C(/c1cccnc1)c1cnc(-c2n[nH]c3ccc(-c4cccnc4)nc23)[nH]1. The predicted octanol–water partition coefficient (Wildman–Crippen LogP) is 4.26. The summed E-state index contributed by atoms with van der Waals surface area (Å²) in [6.45, 7) is 1.99. The standard InChI is InChI=1S/C22H17N7/c1-2-16(14-5-3-9-23-11-14)19-13-25-22(27-19)21-20-18(28-29-21)8-7-17(26-20)15-6-4-10-24-12-15/h2-13H,1H3,(H,25,27)(H,28,29)/b16-2-. The summed E-state index contributed by atoms with van der Waals surface area (Å²) < 4.78 is 0. The van der Waals surface area contributed by atoms with Crippen molar-refractivity contribution >= 4 is 16.6 Å². The van der Waals surface area contributed by atoms with Crippen LogP contribution in [-0.4, -0.2) is 35.1 Å². The number of nitrogens with zero attached hydrogens (tertiary/aromatic N) is 5. The second-order valence-corrected chi connectivity index (χ2v) is 6.50. The average Bonchev–Trinajstić information content (AvgIpc) is 3.42. The Morgan fingerprint density at radius 1 is 0.966 bits per heavy atom. The van der Waals surface area contributed by atoms with Gasteiger partial charge in [-0.25, -0.2) is 9.97 Å². The molecule has 0 aliphatic carbocycles. The Balaban J connectivity index is 1.57. The van der Waals surface area contributed by atoms with Crippen molar-refractivity contribution < 1.29 is 0 Å². The highest BCUT2D eigenvalue weighted by Crippen LogP contribution is 2.28. The molecule has 0 bridgehead atoms. The first-order valence-electron chi connectivity index (χ1n) is 9.21. The van der Waals surface area contributed by atoms with Gasteiger partial charge in [-0.15, -0.1) is 0 Å². The van der Waals surface area contributed by atoms with Crippen LogP contribution in [0.15, 0.2) is 73.5 Å². The minimum atomic E-state index is 0.658. The fraction of sp³-hybridized carbons (Fsp3) is 0.0455. The maximum absolute atomic E-state index is 4.80. The topological polar surface area (TPSA) is 96.0 Å². The number of hydrogen-bond acceptors (Lipinski definition) is 5. The van der Waals surface area contributed by atoms with Gasteiger partial charge in [0.15, 0.2) is 11.5 Å². The summed E-state index contributed by atoms with van der Waals surface area (Å²) in [7, 11) is 0.